The molecule has 1 saturated carbocycles. The molecule has 0 spiro atoms. The molecule has 110 valence electrons. The Morgan fingerprint density at radius 3 is 2.75 bits per heavy atom. The monoisotopic (exact) mass is 299 g/mol. The molecule has 1 aromatic heterocycles. The fourth-order valence-corrected chi connectivity index (χ4v) is 2.95. The van der Waals surface area contributed by atoms with Crippen molar-refractivity contribution in [2.24, 2.45) is 5.92 Å². The van der Waals surface area contributed by atoms with Gasteiger partial charge in [-0.1, -0.05) is 5.21 Å². The van der Waals surface area contributed by atoms with E-state index >= 15 is 0 Å². The smallest absolute Gasteiger partial charge is 0.273 e. The molecule has 0 bridgehead atoms. The van der Waals surface area contributed by atoms with Crippen LogP contribution in [0.15, 0.2) is 6.20 Å². The van der Waals surface area contributed by atoms with Gasteiger partial charge in [-0.2, -0.15) is 4.31 Å². The summed E-state index contributed by atoms with van der Waals surface area (Å²) in [6.45, 7) is 1.45. The summed E-state index contributed by atoms with van der Waals surface area (Å²) in [5.74, 6) is 0.395. The number of carbonyl (C=O) groups excluding carboxylic acids is 1. The van der Waals surface area contributed by atoms with Gasteiger partial charge in [0.25, 0.3) is 5.91 Å². The maximum Gasteiger partial charge on any atom is 0.273 e. The number of sulfonamides is 1. The molecule has 1 aliphatic carbocycles. The highest BCUT2D eigenvalue weighted by Crippen LogP contribution is 2.27. The van der Waals surface area contributed by atoms with E-state index in [-0.39, 0.29) is 17.6 Å². The molecule has 8 nitrogen and oxygen atoms in total. The Labute approximate surface area is 117 Å². The summed E-state index contributed by atoms with van der Waals surface area (Å²) in [5, 5.41) is 10.6. The molecule has 1 aliphatic heterocycles. The van der Waals surface area contributed by atoms with Crippen molar-refractivity contribution in [2.45, 2.75) is 18.9 Å². The van der Waals surface area contributed by atoms with Gasteiger partial charge in [-0.25, -0.2) is 13.1 Å². The number of carbonyl (C=O) groups is 1. The lowest BCUT2D eigenvalue weighted by atomic mass is 10.2. The van der Waals surface area contributed by atoms with Crippen LogP contribution in [0.3, 0.4) is 0 Å². The molecule has 2 fully saturated rings. The molecule has 0 unspecified atom stereocenters. The third-order valence-electron chi connectivity index (χ3n) is 3.66. The fraction of sp³-hybridized carbons (Fsp3) is 0.727. The maximum atomic E-state index is 11.8. The molecule has 1 N–H and O–H groups in total. The van der Waals surface area contributed by atoms with Crippen molar-refractivity contribution in [3.05, 3.63) is 11.9 Å². The van der Waals surface area contributed by atoms with Crippen molar-refractivity contribution in [1.82, 2.24) is 24.6 Å². The van der Waals surface area contributed by atoms with Crippen molar-refractivity contribution >= 4 is 15.9 Å². The van der Waals surface area contributed by atoms with Crippen molar-refractivity contribution in [1.29, 1.82) is 0 Å². The molecule has 2 aliphatic rings. The largest absolute Gasteiger partial charge is 0.350 e. The van der Waals surface area contributed by atoms with E-state index in [2.05, 4.69) is 15.6 Å². The minimum atomic E-state index is -3.14. The van der Waals surface area contributed by atoms with Crippen LogP contribution in [0.5, 0.6) is 0 Å². The minimum absolute atomic E-state index is 0.0396. The zero-order valence-corrected chi connectivity index (χ0v) is 12.0. The lowest BCUT2D eigenvalue weighted by Crippen LogP contribution is -2.50. The van der Waals surface area contributed by atoms with Gasteiger partial charge in [-0.15, -0.1) is 5.10 Å². The summed E-state index contributed by atoms with van der Waals surface area (Å²) >= 11 is 0. The molecule has 0 aromatic carbocycles. The Morgan fingerprint density at radius 1 is 1.45 bits per heavy atom. The van der Waals surface area contributed by atoms with E-state index in [0.29, 0.717) is 25.6 Å². The third-order valence-corrected chi connectivity index (χ3v) is 4.90. The summed E-state index contributed by atoms with van der Waals surface area (Å²) in [4.78, 5) is 11.8. The first-order chi connectivity index (χ1) is 9.43. The number of nitrogens with zero attached hydrogens (tertiary/aromatic N) is 4. The van der Waals surface area contributed by atoms with E-state index < -0.39 is 10.0 Å². The van der Waals surface area contributed by atoms with Gasteiger partial charge < -0.3 is 5.32 Å². The van der Waals surface area contributed by atoms with Gasteiger partial charge in [0, 0.05) is 19.6 Å². The Balaban J connectivity index is 1.56. The SMILES string of the molecule is CS(=O)(=O)N1CC(n2cc(C(=O)NCC3CC3)nn2)C1. The van der Waals surface area contributed by atoms with Crippen LogP contribution in [-0.2, 0) is 10.0 Å². The lowest BCUT2D eigenvalue weighted by Gasteiger charge is -2.36. The zero-order chi connectivity index (χ0) is 14.3. The Kier molecular flexibility index (Phi) is 3.25. The maximum absolute atomic E-state index is 11.8. The predicted molar refractivity (Wildman–Crippen MR) is 70.5 cm³/mol. The highest BCUT2D eigenvalue weighted by atomic mass is 32.2. The second-order valence-corrected chi connectivity index (χ2v) is 7.45. The van der Waals surface area contributed by atoms with E-state index in [4.69, 9.17) is 0 Å². The van der Waals surface area contributed by atoms with Crippen LogP contribution < -0.4 is 5.32 Å². The quantitative estimate of drug-likeness (QED) is 0.770. The van der Waals surface area contributed by atoms with Crippen LogP contribution in [0, 0.1) is 5.92 Å². The summed E-state index contributed by atoms with van der Waals surface area (Å²) in [5.41, 5.74) is 0.281. The predicted octanol–water partition coefficient (Wildman–Crippen LogP) is -0.766. The molecule has 3 rings (SSSR count). The first kappa shape index (κ1) is 13.5. The number of amides is 1. The second kappa shape index (κ2) is 4.81. The van der Waals surface area contributed by atoms with Gasteiger partial charge in [0.05, 0.1) is 18.5 Å². The number of nitrogens with one attached hydrogen (secondary N) is 1. The molecule has 1 aromatic rings. The highest BCUT2D eigenvalue weighted by Gasteiger charge is 2.35. The molecule has 0 radical (unpaired) electrons. The van der Waals surface area contributed by atoms with E-state index in [0.717, 1.165) is 0 Å². The number of hydrogen-bond donors (Lipinski definition) is 1. The Morgan fingerprint density at radius 2 is 2.15 bits per heavy atom. The lowest BCUT2D eigenvalue weighted by molar-refractivity contribution is 0.0946. The van der Waals surface area contributed by atoms with Crippen LogP contribution in [-0.4, -0.2) is 59.5 Å². The standard InChI is InChI=1S/C11H17N5O3S/c1-20(18,19)15-5-9(6-15)16-7-10(13-14-16)11(17)12-4-8-2-3-8/h7-9H,2-6H2,1H3,(H,12,17). The van der Waals surface area contributed by atoms with E-state index in [9.17, 15) is 13.2 Å². The molecular formula is C11H17N5O3S. The van der Waals surface area contributed by atoms with Gasteiger partial charge in [0.1, 0.15) is 0 Å². The molecular weight excluding hydrogens is 282 g/mol. The van der Waals surface area contributed by atoms with Gasteiger partial charge in [-0.05, 0) is 18.8 Å². The van der Waals surface area contributed by atoms with E-state index in [1.54, 1.807) is 10.9 Å². The minimum Gasteiger partial charge on any atom is -0.350 e. The molecule has 20 heavy (non-hydrogen) atoms. The Bertz CT molecular complexity index is 616. The van der Waals surface area contributed by atoms with Crippen molar-refractivity contribution < 1.29 is 13.2 Å². The first-order valence-electron chi connectivity index (χ1n) is 6.58. The van der Waals surface area contributed by atoms with Gasteiger partial charge >= 0.3 is 0 Å². The van der Waals surface area contributed by atoms with Crippen LogP contribution in [0.1, 0.15) is 29.4 Å². The average molecular weight is 299 g/mol. The first-order valence-corrected chi connectivity index (χ1v) is 8.43. The molecule has 9 heteroatoms. The Hall–Kier alpha value is -1.48. The molecule has 1 saturated heterocycles. The topological polar surface area (TPSA) is 97.2 Å². The van der Waals surface area contributed by atoms with E-state index in [1.165, 1.54) is 23.4 Å². The second-order valence-electron chi connectivity index (χ2n) is 5.47. The van der Waals surface area contributed by atoms with Gasteiger partial charge in [0.2, 0.25) is 10.0 Å². The van der Waals surface area contributed by atoms with Crippen LogP contribution in [0.4, 0.5) is 0 Å². The van der Waals surface area contributed by atoms with Crippen molar-refractivity contribution in [3.63, 3.8) is 0 Å². The van der Waals surface area contributed by atoms with Crippen LogP contribution >= 0.6 is 0 Å². The van der Waals surface area contributed by atoms with Crippen LogP contribution in [0.2, 0.25) is 0 Å². The van der Waals surface area contributed by atoms with Gasteiger partial charge in [-0.3, -0.25) is 4.79 Å². The summed E-state index contributed by atoms with van der Waals surface area (Å²) in [7, 11) is -3.14. The third kappa shape index (κ3) is 2.83. The molecule has 2 heterocycles. The number of hydrogen-bond acceptors (Lipinski definition) is 5. The zero-order valence-electron chi connectivity index (χ0n) is 11.2. The summed E-state index contributed by atoms with van der Waals surface area (Å²) in [6.07, 6.45) is 5.11. The molecule has 1 amide bonds. The molecule has 0 atom stereocenters. The van der Waals surface area contributed by atoms with Crippen molar-refractivity contribution in [3.8, 4) is 0 Å². The van der Waals surface area contributed by atoms with Gasteiger partial charge in [0.15, 0.2) is 5.69 Å². The van der Waals surface area contributed by atoms with Crippen molar-refractivity contribution in [2.75, 3.05) is 25.9 Å². The normalized spacial score (nSPS) is 20.6. The highest BCUT2D eigenvalue weighted by molar-refractivity contribution is 7.88. The summed E-state index contributed by atoms with van der Waals surface area (Å²) < 4.78 is 25.5. The van der Waals surface area contributed by atoms with E-state index in [1.807, 2.05) is 0 Å². The van der Waals surface area contributed by atoms with Crippen LogP contribution in [0.25, 0.3) is 0 Å². The fourth-order valence-electron chi connectivity index (χ4n) is 2.06. The average Bonchev–Trinajstić information content (AvgIpc) is 3.00. The number of aromatic nitrogens is 3. The number of rotatable bonds is 5. The summed E-state index contributed by atoms with van der Waals surface area (Å²) in [6, 6.07) is -0.0396.